The second-order valence-electron chi connectivity index (χ2n) is 5.64. The first kappa shape index (κ1) is 14.8. The third kappa shape index (κ3) is 3.10. The van der Waals surface area contributed by atoms with Crippen molar-refractivity contribution < 1.29 is 15.0 Å². The van der Waals surface area contributed by atoms with E-state index in [2.05, 4.69) is 16.8 Å². The maximum Gasteiger partial charge on any atom is 0.335 e. The van der Waals surface area contributed by atoms with E-state index in [1.165, 1.54) is 12.3 Å². The van der Waals surface area contributed by atoms with Crippen molar-refractivity contribution in [3.8, 4) is 0 Å². The zero-order valence-corrected chi connectivity index (χ0v) is 11.9. The highest BCUT2D eigenvalue weighted by Crippen LogP contribution is 2.35. The molecule has 2 rings (SSSR count). The quantitative estimate of drug-likeness (QED) is 0.863. The summed E-state index contributed by atoms with van der Waals surface area (Å²) in [5, 5.41) is 18.8. The van der Waals surface area contributed by atoms with E-state index in [-0.39, 0.29) is 17.6 Å². The number of aliphatic hydroxyl groups excluding tert-OH is 1. The van der Waals surface area contributed by atoms with Crippen LogP contribution in [-0.4, -0.2) is 40.9 Å². The van der Waals surface area contributed by atoms with Crippen molar-refractivity contribution >= 4 is 11.8 Å². The van der Waals surface area contributed by atoms with Crippen LogP contribution in [0.5, 0.6) is 0 Å². The number of carbonyl (C=O) groups is 1. The maximum atomic E-state index is 11.0. The number of pyridine rings is 1. The van der Waals surface area contributed by atoms with Crippen molar-refractivity contribution in [3.63, 3.8) is 0 Å². The minimum Gasteiger partial charge on any atom is -0.478 e. The molecule has 110 valence electrons. The number of anilines is 1. The monoisotopic (exact) mass is 278 g/mol. The number of aromatic nitrogens is 1. The van der Waals surface area contributed by atoms with Gasteiger partial charge in [-0.05, 0) is 31.4 Å². The molecule has 1 aromatic heterocycles. The van der Waals surface area contributed by atoms with E-state index >= 15 is 0 Å². The van der Waals surface area contributed by atoms with Gasteiger partial charge in [-0.2, -0.15) is 0 Å². The number of hydrogen-bond acceptors (Lipinski definition) is 4. The number of rotatable bonds is 5. The number of aromatic carboxylic acids is 1. The van der Waals surface area contributed by atoms with Crippen LogP contribution in [0.2, 0.25) is 0 Å². The van der Waals surface area contributed by atoms with Gasteiger partial charge in [0.25, 0.3) is 0 Å². The molecule has 1 aliphatic heterocycles. The van der Waals surface area contributed by atoms with E-state index in [0.29, 0.717) is 5.82 Å². The van der Waals surface area contributed by atoms with Crippen LogP contribution in [0, 0.1) is 5.41 Å². The molecule has 0 bridgehead atoms. The summed E-state index contributed by atoms with van der Waals surface area (Å²) < 4.78 is 0. The summed E-state index contributed by atoms with van der Waals surface area (Å²) in [6.45, 7) is 3.91. The Morgan fingerprint density at radius 3 is 3.00 bits per heavy atom. The van der Waals surface area contributed by atoms with Crippen LogP contribution in [0.1, 0.15) is 43.0 Å². The summed E-state index contributed by atoms with van der Waals surface area (Å²) in [6.07, 6.45) is 5.58. The Hall–Kier alpha value is -1.62. The van der Waals surface area contributed by atoms with Crippen LogP contribution in [-0.2, 0) is 0 Å². The first-order valence-electron chi connectivity index (χ1n) is 7.15. The van der Waals surface area contributed by atoms with E-state index in [1.54, 1.807) is 6.07 Å². The molecule has 1 aromatic rings. The average molecular weight is 278 g/mol. The van der Waals surface area contributed by atoms with Crippen LogP contribution in [0.15, 0.2) is 18.3 Å². The Bertz CT molecular complexity index is 474. The Morgan fingerprint density at radius 2 is 2.35 bits per heavy atom. The number of carboxylic acids is 1. The standard InChI is InChI=1S/C15H22N2O3/c1-2-5-15(11-18)6-3-8-17(10-15)13-9-12(14(19)20)4-7-16-13/h4,7,9,18H,2-3,5-6,8,10-11H2,1H3,(H,19,20). The molecule has 0 spiro atoms. The summed E-state index contributed by atoms with van der Waals surface area (Å²) in [4.78, 5) is 17.4. The van der Waals surface area contributed by atoms with Crippen molar-refractivity contribution in [1.82, 2.24) is 4.98 Å². The second kappa shape index (κ2) is 6.22. The Balaban J connectivity index is 2.20. The zero-order chi connectivity index (χ0) is 14.6. The third-order valence-electron chi connectivity index (χ3n) is 4.09. The minimum absolute atomic E-state index is 0.0755. The molecule has 5 heteroatoms. The SMILES string of the molecule is CCCC1(CO)CCCN(c2cc(C(=O)O)ccn2)C1. The minimum atomic E-state index is -0.937. The molecule has 5 nitrogen and oxygen atoms in total. The Kier molecular flexibility index (Phi) is 4.60. The van der Waals surface area contributed by atoms with E-state index in [9.17, 15) is 9.90 Å². The smallest absolute Gasteiger partial charge is 0.335 e. The fourth-order valence-electron chi connectivity index (χ4n) is 3.07. The lowest BCUT2D eigenvalue weighted by Crippen LogP contribution is -2.45. The molecule has 0 amide bonds. The first-order valence-corrected chi connectivity index (χ1v) is 7.15. The predicted molar refractivity (Wildman–Crippen MR) is 77.1 cm³/mol. The zero-order valence-electron chi connectivity index (χ0n) is 11.9. The van der Waals surface area contributed by atoms with Gasteiger partial charge >= 0.3 is 5.97 Å². The van der Waals surface area contributed by atoms with E-state index < -0.39 is 5.97 Å². The van der Waals surface area contributed by atoms with Crippen LogP contribution in [0.4, 0.5) is 5.82 Å². The normalized spacial score (nSPS) is 22.8. The molecular weight excluding hydrogens is 256 g/mol. The van der Waals surface area contributed by atoms with Crippen LogP contribution in [0.25, 0.3) is 0 Å². The van der Waals surface area contributed by atoms with Gasteiger partial charge in [-0.3, -0.25) is 0 Å². The molecule has 2 N–H and O–H groups in total. The van der Waals surface area contributed by atoms with Gasteiger partial charge < -0.3 is 15.1 Å². The van der Waals surface area contributed by atoms with Gasteiger partial charge in [0.1, 0.15) is 5.82 Å². The largest absolute Gasteiger partial charge is 0.478 e. The molecule has 2 heterocycles. The van der Waals surface area contributed by atoms with Gasteiger partial charge in [0.2, 0.25) is 0 Å². The third-order valence-corrected chi connectivity index (χ3v) is 4.09. The first-order chi connectivity index (χ1) is 9.60. The molecule has 1 unspecified atom stereocenters. The average Bonchev–Trinajstić information content (AvgIpc) is 2.48. The molecule has 1 aliphatic rings. The highest BCUT2D eigenvalue weighted by molar-refractivity contribution is 5.88. The van der Waals surface area contributed by atoms with Gasteiger partial charge in [0.05, 0.1) is 12.2 Å². The van der Waals surface area contributed by atoms with Crippen molar-refractivity contribution in [2.45, 2.75) is 32.6 Å². The molecule has 20 heavy (non-hydrogen) atoms. The van der Waals surface area contributed by atoms with Crippen molar-refractivity contribution in [3.05, 3.63) is 23.9 Å². The highest BCUT2D eigenvalue weighted by Gasteiger charge is 2.34. The van der Waals surface area contributed by atoms with Crippen molar-refractivity contribution in [1.29, 1.82) is 0 Å². The number of nitrogens with zero attached hydrogens (tertiary/aromatic N) is 2. The molecule has 0 aromatic carbocycles. The molecular formula is C15H22N2O3. The van der Waals surface area contributed by atoms with E-state index in [4.69, 9.17) is 5.11 Å². The fourth-order valence-corrected chi connectivity index (χ4v) is 3.07. The summed E-state index contributed by atoms with van der Waals surface area (Å²) >= 11 is 0. The van der Waals surface area contributed by atoms with Gasteiger partial charge in [-0.25, -0.2) is 9.78 Å². The van der Waals surface area contributed by atoms with Gasteiger partial charge in [0, 0.05) is 24.7 Å². The summed E-state index contributed by atoms with van der Waals surface area (Å²) in [7, 11) is 0. The van der Waals surface area contributed by atoms with E-state index in [0.717, 1.165) is 38.8 Å². The van der Waals surface area contributed by atoms with E-state index in [1.807, 2.05) is 0 Å². The number of aliphatic hydroxyl groups is 1. The summed E-state index contributed by atoms with van der Waals surface area (Å²) in [5.74, 6) is -0.244. The van der Waals surface area contributed by atoms with Crippen LogP contribution >= 0.6 is 0 Å². The lowest BCUT2D eigenvalue weighted by molar-refractivity contribution is 0.0696. The molecule has 1 fully saturated rings. The molecule has 1 saturated heterocycles. The fraction of sp³-hybridized carbons (Fsp3) is 0.600. The van der Waals surface area contributed by atoms with Crippen molar-refractivity contribution in [2.24, 2.45) is 5.41 Å². The summed E-state index contributed by atoms with van der Waals surface area (Å²) in [6, 6.07) is 3.11. The summed E-state index contributed by atoms with van der Waals surface area (Å²) in [5.41, 5.74) is 0.180. The van der Waals surface area contributed by atoms with Gasteiger partial charge in [-0.15, -0.1) is 0 Å². The number of carboxylic acid groups (broad SMARTS) is 1. The highest BCUT2D eigenvalue weighted by atomic mass is 16.4. The van der Waals surface area contributed by atoms with Gasteiger partial charge in [-0.1, -0.05) is 13.3 Å². The molecule has 0 aliphatic carbocycles. The lowest BCUT2D eigenvalue weighted by Gasteiger charge is -2.42. The lowest BCUT2D eigenvalue weighted by atomic mass is 9.77. The number of piperidine rings is 1. The second-order valence-corrected chi connectivity index (χ2v) is 5.64. The van der Waals surface area contributed by atoms with Crippen LogP contribution < -0.4 is 4.90 Å². The molecule has 0 radical (unpaired) electrons. The molecule has 0 saturated carbocycles. The molecule has 1 atom stereocenters. The van der Waals surface area contributed by atoms with Crippen LogP contribution in [0.3, 0.4) is 0 Å². The van der Waals surface area contributed by atoms with Gasteiger partial charge in [0.15, 0.2) is 0 Å². The van der Waals surface area contributed by atoms with Crippen molar-refractivity contribution in [2.75, 3.05) is 24.6 Å². The topological polar surface area (TPSA) is 73.7 Å². The number of hydrogen-bond donors (Lipinski definition) is 2. The Morgan fingerprint density at radius 1 is 1.55 bits per heavy atom. The predicted octanol–water partition coefficient (Wildman–Crippen LogP) is 2.16. The Labute approximate surface area is 119 Å². The maximum absolute atomic E-state index is 11.0.